The minimum atomic E-state index is 0.532. The molecule has 21 heavy (non-hydrogen) atoms. The second-order valence-electron chi connectivity index (χ2n) is 6.38. The summed E-state index contributed by atoms with van der Waals surface area (Å²) in [5.74, 6) is 0.952. The second-order valence-corrected chi connectivity index (χ2v) is 6.38. The molecule has 0 saturated carbocycles. The first-order chi connectivity index (χ1) is 10.3. The van der Waals surface area contributed by atoms with Crippen LogP contribution in [0.25, 0.3) is 10.8 Å². The van der Waals surface area contributed by atoms with Gasteiger partial charge in [-0.1, -0.05) is 24.3 Å². The van der Waals surface area contributed by atoms with Crippen LogP contribution in [0.2, 0.25) is 0 Å². The summed E-state index contributed by atoms with van der Waals surface area (Å²) < 4.78 is 0. The second kappa shape index (κ2) is 5.26. The van der Waals surface area contributed by atoms with Gasteiger partial charge in [-0.25, -0.2) is 0 Å². The third-order valence-electron chi connectivity index (χ3n) is 5.03. The molecule has 1 aromatic heterocycles. The lowest BCUT2D eigenvalue weighted by Gasteiger charge is -2.35. The third kappa shape index (κ3) is 2.38. The van der Waals surface area contributed by atoms with E-state index in [0.717, 1.165) is 17.6 Å². The maximum absolute atomic E-state index is 4.41. The smallest absolute Gasteiger partial charge is 0.156 e. The highest BCUT2D eigenvalue weighted by atomic mass is 15.2. The molecular formula is C17H22N4. The Morgan fingerprint density at radius 3 is 2.86 bits per heavy atom. The maximum Gasteiger partial charge on any atom is 0.156 e. The van der Waals surface area contributed by atoms with Gasteiger partial charge in [-0.05, 0) is 39.2 Å². The summed E-state index contributed by atoms with van der Waals surface area (Å²) in [6.07, 6.45) is 5.17. The molecule has 3 heterocycles. The zero-order chi connectivity index (χ0) is 14.2. The molecule has 0 aliphatic carbocycles. The van der Waals surface area contributed by atoms with Crippen molar-refractivity contribution in [3.63, 3.8) is 0 Å². The standard InChI is InChI=1S/C17H22N4/c1-12-15-6-2-3-7-16(15)17(20-19-12)18-13-8-10-21-9-4-5-14(21)11-13/h2-3,6-7,13-14H,4-5,8-11H2,1H3,(H,18,20). The molecule has 1 aromatic carbocycles. The molecule has 2 saturated heterocycles. The lowest BCUT2D eigenvalue weighted by atomic mass is 9.97. The Bertz CT molecular complexity index is 654. The number of aryl methyl sites for hydroxylation is 1. The summed E-state index contributed by atoms with van der Waals surface area (Å²) in [7, 11) is 0. The molecule has 2 fully saturated rings. The van der Waals surface area contributed by atoms with Gasteiger partial charge in [-0.3, -0.25) is 0 Å². The highest BCUT2D eigenvalue weighted by molar-refractivity contribution is 5.92. The summed E-state index contributed by atoms with van der Waals surface area (Å²) in [6, 6.07) is 9.73. The van der Waals surface area contributed by atoms with Crippen LogP contribution in [-0.4, -0.2) is 40.3 Å². The van der Waals surface area contributed by atoms with E-state index >= 15 is 0 Å². The molecule has 0 bridgehead atoms. The van der Waals surface area contributed by atoms with Gasteiger partial charge in [0.2, 0.25) is 0 Å². The van der Waals surface area contributed by atoms with Crippen LogP contribution in [0.4, 0.5) is 5.82 Å². The lowest BCUT2D eigenvalue weighted by molar-refractivity contribution is 0.188. The van der Waals surface area contributed by atoms with E-state index in [-0.39, 0.29) is 0 Å². The first-order valence-corrected chi connectivity index (χ1v) is 8.04. The Hall–Kier alpha value is -1.68. The van der Waals surface area contributed by atoms with Gasteiger partial charge >= 0.3 is 0 Å². The molecule has 1 N–H and O–H groups in total. The maximum atomic E-state index is 4.41. The average Bonchev–Trinajstić information content (AvgIpc) is 2.98. The number of benzene rings is 1. The molecule has 0 radical (unpaired) electrons. The van der Waals surface area contributed by atoms with Gasteiger partial charge in [-0.15, -0.1) is 5.10 Å². The largest absolute Gasteiger partial charge is 0.365 e. The first-order valence-electron chi connectivity index (χ1n) is 8.04. The van der Waals surface area contributed by atoms with Crippen molar-refractivity contribution in [2.24, 2.45) is 0 Å². The van der Waals surface area contributed by atoms with E-state index < -0.39 is 0 Å². The normalized spacial score (nSPS) is 26.0. The predicted molar refractivity (Wildman–Crippen MR) is 85.5 cm³/mol. The third-order valence-corrected chi connectivity index (χ3v) is 5.03. The van der Waals surface area contributed by atoms with Crippen molar-refractivity contribution in [2.75, 3.05) is 18.4 Å². The van der Waals surface area contributed by atoms with E-state index in [1.807, 2.05) is 6.92 Å². The first kappa shape index (κ1) is 13.0. The highest BCUT2D eigenvalue weighted by Gasteiger charge is 2.31. The fraction of sp³-hybridized carbons (Fsp3) is 0.529. The average molecular weight is 282 g/mol. The number of fused-ring (bicyclic) bond motifs is 2. The summed E-state index contributed by atoms with van der Waals surface area (Å²) in [5.41, 5.74) is 1.00. The molecule has 2 unspecified atom stereocenters. The van der Waals surface area contributed by atoms with Gasteiger partial charge in [-0.2, -0.15) is 5.10 Å². The number of anilines is 1. The van der Waals surface area contributed by atoms with Gasteiger partial charge in [0.15, 0.2) is 5.82 Å². The predicted octanol–water partition coefficient (Wildman–Crippen LogP) is 2.98. The van der Waals surface area contributed by atoms with Crippen molar-refractivity contribution in [1.82, 2.24) is 15.1 Å². The van der Waals surface area contributed by atoms with Crippen molar-refractivity contribution >= 4 is 16.6 Å². The SMILES string of the molecule is Cc1nnc(NC2CCN3CCCC3C2)c2ccccc12. The molecule has 2 aliphatic heterocycles. The zero-order valence-corrected chi connectivity index (χ0v) is 12.5. The van der Waals surface area contributed by atoms with Crippen LogP contribution in [0.5, 0.6) is 0 Å². The Labute approximate surface area is 125 Å². The highest BCUT2D eigenvalue weighted by Crippen LogP contribution is 2.30. The number of hydrogen-bond donors (Lipinski definition) is 1. The van der Waals surface area contributed by atoms with Crippen LogP contribution in [0, 0.1) is 6.92 Å². The molecule has 4 rings (SSSR count). The molecule has 0 spiro atoms. The van der Waals surface area contributed by atoms with Crippen LogP contribution in [0.3, 0.4) is 0 Å². The van der Waals surface area contributed by atoms with Crippen LogP contribution in [-0.2, 0) is 0 Å². The van der Waals surface area contributed by atoms with Gasteiger partial charge < -0.3 is 10.2 Å². The van der Waals surface area contributed by atoms with Gasteiger partial charge in [0.1, 0.15) is 0 Å². The fourth-order valence-corrected chi connectivity index (χ4v) is 3.89. The quantitative estimate of drug-likeness (QED) is 0.919. The van der Waals surface area contributed by atoms with Crippen molar-refractivity contribution in [3.05, 3.63) is 30.0 Å². The van der Waals surface area contributed by atoms with E-state index in [1.165, 1.54) is 49.5 Å². The molecule has 110 valence electrons. The van der Waals surface area contributed by atoms with Gasteiger partial charge in [0.25, 0.3) is 0 Å². The van der Waals surface area contributed by atoms with Crippen LogP contribution in [0.1, 0.15) is 31.4 Å². The van der Waals surface area contributed by atoms with Crippen molar-refractivity contribution in [1.29, 1.82) is 0 Å². The summed E-state index contributed by atoms with van der Waals surface area (Å²) >= 11 is 0. The monoisotopic (exact) mass is 282 g/mol. The Balaban J connectivity index is 1.58. The Morgan fingerprint density at radius 1 is 1.10 bits per heavy atom. The molecular weight excluding hydrogens is 260 g/mol. The number of rotatable bonds is 2. The van der Waals surface area contributed by atoms with Gasteiger partial charge in [0, 0.05) is 29.4 Å². The minimum Gasteiger partial charge on any atom is -0.365 e. The lowest BCUT2D eigenvalue weighted by Crippen LogP contribution is -2.42. The van der Waals surface area contributed by atoms with Crippen molar-refractivity contribution in [2.45, 2.75) is 44.7 Å². The Morgan fingerprint density at radius 2 is 1.95 bits per heavy atom. The number of nitrogens with zero attached hydrogens (tertiary/aromatic N) is 3. The van der Waals surface area contributed by atoms with E-state index in [0.29, 0.717) is 6.04 Å². The number of aromatic nitrogens is 2. The summed E-state index contributed by atoms with van der Waals surface area (Å²) in [4.78, 5) is 2.65. The molecule has 0 amide bonds. The number of piperidine rings is 1. The minimum absolute atomic E-state index is 0.532. The fourth-order valence-electron chi connectivity index (χ4n) is 3.89. The van der Waals surface area contributed by atoms with Gasteiger partial charge in [0.05, 0.1) is 5.69 Å². The molecule has 4 nitrogen and oxygen atoms in total. The van der Waals surface area contributed by atoms with Crippen LogP contribution >= 0.6 is 0 Å². The molecule has 2 aliphatic rings. The zero-order valence-electron chi connectivity index (χ0n) is 12.5. The number of hydrogen-bond acceptors (Lipinski definition) is 4. The summed E-state index contributed by atoms with van der Waals surface area (Å²) in [6.45, 7) is 4.54. The van der Waals surface area contributed by atoms with E-state index in [4.69, 9.17) is 0 Å². The Kier molecular flexibility index (Phi) is 3.26. The van der Waals surface area contributed by atoms with Crippen molar-refractivity contribution in [3.8, 4) is 0 Å². The molecule has 2 atom stereocenters. The van der Waals surface area contributed by atoms with E-state index in [9.17, 15) is 0 Å². The van der Waals surface area contributed by atoms with E-state index in [1.54, 1.807) is 0 Å². The summed E-state index contributed by atoms with van der Waals surface area (Å²) in [5, 5.41) is 14.8. The number of nitrogens with one attached hydrogen (secondary N) is 1. The van der Waals surface area contributed by atoms with E-state index in [2.05, 4.69) is 44.7 Å². The topological polar surface area (TPSA) is 41.1 Å². The molecule has 2 aromatic rings. The van der Waals surface area contributed by atoms with Crippen LogP contribution < -0.4 is 5.32 Å². The van der Waals surface area contributed by atoms with Crippen LogP contribution in [0.15, 0.2) is 24.3 Å². The molecule has 4 heteroatoms. The van der Waals surface area contributed by atoms with Crippen molar-refractivity contribution < 1.29 is 0 Å².